The number of aryl methyl sites for hydroxylation is 1. The van der Waals surface area contributed by atoms with E-state index in [4.69, 9.17) is 16.3 Å². The second-order valence-electron chi connectivity index (χ2n) is 5.73. The second-order valence-corrected chi connectivity index (χ2v) is 6.17. The fraction of sp³-hybridized carbons (Fsp3) is 0.500. The van der Waals surface area contributed by atoms with Gasteiger partial charge in [0.2, 0.25) is 0 Å². The Kier molecular flexibility index (Phi) is 5.80. The lowest BCUT2D eigenvalue weighted by Gasteiger charge is -2.27. The number of benzene rings is 1. The molecule has 0 aliphatic carbocycles. The highest BCUT2D eigenvalue weighted by Gasteiger charge is 2.29. The van der Waals surface area contributed by atoms with Crippen molar-refractivity contribution in [1.82, 2.24) is 0 Å². The second kappa shape index (κ2) is 7.61. The largest absolute Gasteiger partial charge is 0.469 e. The minimum atomic E-state index is -0.141. The number of rotatable bonds is 4. The van der Waals surface area contributed by atoms with Crippen molar-refractivity contribution < 1.29 is 19.2 Å². The highest BCUT2D eigenvalue weighted by atomic mass is 35.5. The summed E-state index contributed by atoms with van der Waals surface area (Å²) in [5.74, 6) is -0.193. The molecule has 0 atom stereocenters. The molecule has 1 fully saturated rings. The molecule has 0 spiro atoms. The Morgan fingerprint density at radius 3 is 2.68 bits per heavy atom. The molecule has 0 radical (unpaired) electrons. The van der Waals surface area contributed by atoms with Gasteiger partial charge in [-0.1, -0.05) is 17.7 Å². The SMILES string of the molecule is COC(=O)C1CC[NH+](CC(=O)Nc2cc(Cl)ccc2C)CC1. The van der Waals surface area contributed by atoms with Crippen molar-refractivity contribution in [1.29, 1.82) is 0 Å². The standard InChI is InChI=1S/C16H21ClN2O3/c1-11-3-4-13(17)9-14(11)18-15(20)10-19-7-5-12(6-8-19)16(21)22-2/h3-4,9,12H,5-8,10H2,1-2H3,(H,18,20)/p+1. The van der Waals surface area contributed by atoms with Crippen molar-refractivity contribution in [2.24, 2.45) is 5.92 Å². The Morgan fingerprint density at radius 1 is 1.36 bits per heavy atom. The molecule has 0 aromatic heterocycles. The van der Waals surface area contributed by atoms with Gasteiger partial charge in [0.15, 0.2) is 6.54 Å². The van der Waals surface area contributed by atoms with Crippen molar-refractivity contribution in [3.05, 3.63) is 28.8 Å². The lowest BCUT2D eigenvalue weighted by molar-refractivity contribution is -0.897. The number of carbonyl (C=O) groups is 2. The van der Waals surface area contributed by atoms with Crippen molar-refractivity contribution >= 4 is 29.2 Å². The fourth-order valence-electron chi connectivity index (χ4n) is 2.76. The number of hydrogen-bond acceptors (Lipinski definition) is 3. The Balaban J connectivity index is 1.83. The van der Waals surface area contributed by atoms with Crippen molar-refractivity contribution in [3.63, 3.8) is 0 Å². The van der Waals surface area contributed by atoms with Crippen LogP contribution in [-0.4, -0.2) is 38.6 Å². The van der Waals surface area contributed by atoms with Gasteiger partial charge in [-0.05, 0) is 24.6 Å². The van der Waals surface area contributed by atoms with E-state index in [9.17, 15) is 9.59 Å². The van der Waals surface area contributed by atoms with Crippen LogP contribution in [0.15, 0.2) is 18.2 Å². The summed E-state index contributed by atoms with van der Waals surface area (Å²) in [6.07, 6.45) is 1.54. The van der Waals surface area contributed by atoms with Crippen LogP contribution >= 0.6 is 11.6 Å². The summed E-state index contributed by atoms with van der Waals surface area (Å²) in [5.41, 5.74) is 1.73. The lowest BCUT2D eigenvalue weighted by Crippen LogP contribution is -3.14. The molecule has 1 aliphatic heterocycles. The van der Waals surface area contributed by atoms with E-state index in [1.807, 2.05) is 13.0 Å². The molecule has 1 aliphatic rings. The number of hydrogen-bond donors (Lipinski definition) is 2. The molecule has 1 amide bonds. The third-order valence-electron chi connectivity index (χ3n) is 4.11. The molecule has 1 saturated heterocycles. The molecule has 120 valence electrons. The molecule has 6 heteroatoms. The third kappa shape index (κ3) is 4.45. The van der Waals surface area contributed by atoms with Gasteiger partial charge in [0.25, 0.3) is 5.91 Å². The molecule has 1 aromatic carbocycles. The number of likely N-dealkylation sites (tertiary alicyclic amines) is 1. The van der Waals surface area contributed by atoms with Crippen LogP contribution in [0, 0.1) is 12.8 Å². The van der Waals surface area contributed by atoms with Gasteiger partial charge in [-0.3, -0.25) is 9.59 Å². The average Bonchev–Trinajstić information content (AvgIpc) is 2.51. The van der Waals surface area contributed by atoms with E-state index in [-0.39, 0.29) is 17.8 Å². The van der Waals surface area contributed by atoms with Crippen LogP contribution < -0.4 is 10.2 Å². The highest BCUT2D eigenvalue weighted by Crippen LogP contribution is 2.19. The van der Waals surface area contributed by atoms with Gasteiger partial charge in [0.05, 0.1) is 26.1 Å². The van der Waals surface area contributed by atoms with Gasteiger partial charge in [-0.15, -0.1) is 0 Å². The molecule has 0 saturated carbocycles. The molecule has 2 N–H and O–H groups in total. The molecule has 0 unspecified atom stereocenters. The third-order valence-corrected chi connectivity index (χ3v) is 4.35. The first-order valence-electron chi connectivity index (χ1n) is 7.47. The van der Waals surface area contributed by atoms with Crippen molar-refractivity contribution in [2.45, 2.75) is 19.8 Å². The average molecular weight is 326 g/mol. The first-order chi connectivity index (χ1) is 10.5. The van der Waals surface area contributed by atoms with E-state index in [1.165, 1.54) is 12.0 Å². The number of anilines is 1. The number of esters is 1. The first kappa shape index (κ1) is 16.8. The zero-order valence-corrected chi connectivity index (χ0v) is 13.7. The molecule has 1 heterocycles. The minimum Gasteiger partial charge on any atom is -0.469 e. The van der Waals surface area contributed by atoms with E-state index in [0.717, 1.165) is 37.2 Å². The summed E-state index contributed by atoms with van der Waals surface area (Å²) in [6.45, 7) is 3.95. The normalized spacial score (nSPS) is 21.2. The van der Waals surface area contributed by atoms with Gasteiger partial charge < -0.3 is 15.0 Å². The van der Waals surface area contributed by atoms with Crippen molar-refractivity contribution in [3.8, 4) is 0 Å². The number of halogens is 1. The topological polar surface area (TPSA) is 59.8 Å². The van der Waals surface area contributed by atoms with Gasteiger partial charge in [0.1, 0.15) is 0 Å². The summed E-state index contributed by atoms with van der Waals surface area (Å²) in [5, 5.41) is 3.51. The number of amides is 1. The summed E-state index contributed by atoms with van der Waals surface area (Å²) >= 11 is 5.95. The quantitative estimate of drug-likeness (QED) is 0.814. The Bertz CT molecular complexity index is 554. The number of nitrogens with one attached hydrogen (secondary N) is 2. The minimum absolute atomic E-state index is 0.0213. The van der Waals surface area contributed by atoms with Crippen LogP contribution in [-0.2, 0) is 14.3 Å². The molecule has 22 heavy (non-hydrogen) atoms. The molecule has 2 rings (SSSR count). The van der Waals surface area contributed by atoms with Crippen LogP contribution in [0.4, 0.5) is 5.69 Å². The van der Waals surface area contributed by atoms with E-state index in [1.54, 1.807) is 12.1 Å². The molecular formula is C16H22ClN2O3+. The zero-order chi connectivity index (χ0) is 16.1. The van der Waals surface area contributed by atoms with E-state index in [0.29, 0.717) is 11.6 Å². The smallest absolute Gasteiger partial charge is 0.309 e. The fourth-order valence-corrected chi connectivity index (χ4v) is 2.93. The first-order valence-corrected chi connectivity index (χ1v) is 7.84. The molecule has 0 bridgehead atoms. The van der Waals surface area contributed by atoms with E-state index < -0.39 is 0 Å². The Hall–Kier alpha value is -1.59. The number of quaternary nitrogens is 1. The van der Waals surface area contributed by atoms with Crippen LogP contribution in [0.3, 0.4) is 0 Å². The van der Waals surface area contributed by atoms with Gasteiger partial charge in [-0.25, -0.2) is 0 Å². The van der Waals surface area contributed by atoms with Crippen LogP contribution in [0.1, 0.15) is 18.4 Å². The number of carbonyl (C=O) groups excluding carboxylic acids is 2. The summed E-state index contributed by atoms with van der Waals surface area (Å²) in [4.78, 5) is 24.8. The predicted octanol–water partition coefficient (Wildman–Crippen LogP) is 1.05. The summed E-state index contributed by atoms with van der Waals surface area (Å²) < 4.78 is 4.77. The van der Waals surface area contributed by atoms with Gasteiger partial charge in [0, 0.05) is 23.6 Å². The molecule has 1 aromatic rings. The zero-order valence-electron chi connectivity index (χ0n) is 12.9. The number of ether oxygens (including phenoxy) is 1. The molecular weight excluding hydrogens is 304 g/mol. The monoisotopic (exact) mass is 325 g/mol. The van der Waals surface area contributed by atoms with Crippen LogP contribution in [0.5, 0.6) is 0 Å². The molecule has 5 nitrogen and oxygen atoms in total. The maximum absolute atomic E-state index is 12.1. The van der Waals surface area contributed by atoms with E-state index >= 15 is 0 Å². The maximum Gasteiger partial charge on any atom is 0.309 e. The summed E-state index contributed by atoms with van der Waals surface area (Å²) in [7, 11) is 1.42. The predicted molar refractivity (Wildman–Crippen MR) is 85.1 cm³/mol. The van der Waals surface area contributed by atoms with Crippen LogP contribution in [0.25, 0.3) is 0 Å². The van der Waals surface area contributed by atoms with E-state index in [2.05, 4.69) is 5.32 Å². The maximum atomic E-state index is 12.1. The van der Waals surface area contributed by atoms with Crippen molar-refractivity contribution in [2.75, 3.05) is 32.1 Å². The van der Waals surface area contributed by atoms with Crippen LogP contribution in [0.2, 0.25) is 5.02 Å². The van der Waals surface area contributed by atoms with Gasteiger partial charge >= 0.3 is 5.97 Å². The highest BCUT2D eigenvalue weighted by molar-refractivity contribution is 6.31. The summed E-state index contributed by atoms with van der Waals surface area (Å²) in [6, 6.07) is 5.44. The number of methoxy groups -OCH3 is 1. The van der Waals surface area contributed by atoms with Gasteiger partial charge in [-0.2, -0.15) is 0 Å². The number of piperidine rings is 1. The Labute approximate surface area is 135 Å². The Morgan fingerprint density at radius 2 is 2.05 bits per heavy atom. The lowest BCUT2D eigenvalue weighted by atomic mass is 9.97.